The Labute approximate surface area is 114 Å². The highest BCUT2D eigenvalue weighted by molar-refractivity contribution is 7.09. The number of aromatic nitrogens is 1. The van der Waals surface area contributed by atoms with Crippen molar-refractivity contribution < 1.29 is 4.74 Å². The second-order valence-corrected chi connectivity index (χ2v) is 7.03. The average Bonchev–Trinajstić information content (AvgIpc) is 2.98. The van der Waals surface area contributed by atoms with Crippen molar-refractivity contribution in [1.29, 1.82) is 0 Å². The number of hydrogen-bond acceptors (Lipinski definition) is 4. The maximum absolute atomic E-state index is 5.60. The lowest BCUT2D eigenvalue weighted by atomic mass is 9.89. The normalized spacial score (nSPS) is 18.0. The lowest BCUT2D eigenvalue weighted by molar-refractivity contribution is 0.0149. The van der Waals surface area contributed by atoms with Gasteiger partial charge in [-0.05, 0) is 18.3 Å². The maximum atomic E-state index is 5.60. The molecule has 0 radical (unpaired) electrons. The van der Waals surface area contributed by atoms with Gasteiger partial charge in [0, 0.05) is 31.5 Å². The smallest absolute Gasteiger partial charge is 0.122 e. The van der Waals surface area contributed by atoms with Crippen LogP contribution in [0, 0.1) is 5.41 Å². The molecule has 1 aliphatic rings. The van der Waals surface area contributed by atoms with Gasteiger partial charge in [-0.15, -0.1) is 11.3 Å². The summed E-state index contributed by atoms with van der Waals surface area (Å²) in [5.74, 6) is 0. The molecule has 18 heavy (non-hydrogen) atoms. The van der Waals surface area contributed by atoms with Crippen LogP contribution in [-0.2, 0) is 11.2 Å². The monoisotopic (exact) mass is 268 g/mol. The van der Waals surface area contributed by atoms with E-state index < -0.39 is 0 Å². The summed E-state index contributed by atoms with van der Waals surface area (Å²) in [4.78, 5) is 4.72. The molecule has 0 amide bonds. The summed E-state index contributed by atoms with van der Waals surface area (Å²) in [5.41, 5.74) is 1.28. The number of nitrogens with zero attached hydrogens (tertiary/aromatic N) is 1. The summed E-state index contributed by atoms with van der Waals surface area (Å²) >= 11 is 1.72. The van der Waals surface area contributed by atoms with E-state index >= 15 is 0 Å². The van der Waals surface area contributed by atoms with Crippen LogP contribution >= 0.6 is 11.3 Å². The van der Waals surface area contributed by atoms with Crippen LogP contribution in [0.3, 0.4) is 0 Å². The standard InChI is InChI=1S/C14H24N2OS/c1-14(2,3)12(17-4)13-16-11(9-18-13)7-8-15-10-5-6-10/h9-10,12,15H,5-8H2,1-4H3. The molecular weight excluding hydrogens is 244 g/mol. The van der Waals surface area contributed by atoms with Crippen molar-refractivity contribution in [3.8, 4) is 0 Å². The highest BCUT2D eigenvalue weighted by Gasteiger charge is 2.28. The van der Waals surface area contributed by atoms with Crippen molar-refractivity contribution in [3.05, 3.63) is 16.1 Å². The Morgan fingerprint density at radius 2 is 2.22 bits per heavy atom. The van der Waals surface area contributed by atoms with Crippen LogP contribution in [0.4, 0.5) is 0 Å². The van der Waals surface area contributed by atoms with Crippen LogP contribution < -0.4 is 5.32 Å². The van der Waals surface area contributed by atoms with E-state index in [0.717, 1.165) is 24.0 Å². The first-order valence-electron chi connectivity index (χ1n) is 6.71. The fourth-order valence-corrected chi connectivity index (χ4v) is 3.25. The van der Waals surface area contributed by atoms with E-state index in [9.17, 15) is 0 Å². The molecule has 0 aromatic carbocycles. The molecule has 4 heteroatoms. The fraction of sp³-hybridized carbons (Fsp3) is 0.786. The second kappa shape index (κ2) is 5.68. The topological polar surface area (TPSA) is 34.1 Å². The molecule has 1 aromatic heterocycles. The first kappa shape index (κ1) is 14.0. The second-order valence-electron chi connectivity index (χ2n) is 6.14. The Kier molecular flexibility index (Phi) is 4.41. The van der Waals surface area contributed by atoms with Crippen LogP contribution in [0.2, 0.25) is 0 Å². The average molecular weight is 268 g/mol. The zero-order valence-corrected chi connectivity index (χ0v) is 12.6. The minimum atomic E-state index is 0.0904. The SMILES string of the molecule is COC(c1nc(CCNC2CC2)cs1)C(C)(C)C. The molecule has 1 aliphatic carbocycles. The maximum Gasteiger partial charge on any atom is 0.122 e. The van der Waals surface area contributed by atoms with Crippen LogP contribution in [-0.4, -0.2) is 24.7 Å². The summed E-state index contributed by atoms with van der Waals surface area (Å²) in [7, 11) is 1.77. The number of rotatable bonds is 6. The van der Waals surface area contributed by atoms with Gasteiger partial charge in [-0.2, -0.15) is 0 Å². The number of nitrogens with one attached hydrogen (secondary N) is 1. The van der Waals surface area contributed by atoms with E-state index in [1.54, 1.807) is 18.4 Å². The zero-order chi connectivity index (χ0) is 13.2. The minimum absolute atomic E-state index is 0.0904. The van der Waals surface area contributed by atoms with E-state index in [1.165, 1.54) is 18.5 Å². The van der Waals surface area contributed by atoms with Crippen molar-refractivity contribution in [2.45, 2.75) is 52.2 Å². The van der Waals surface area contributed by atoms with E-state index in [-0.39, 0.29) is 11.5 Å². The van der Waals surface area contributed by atoms with Gasteiger partial charge in [0.2, 0.25) is 0 Å². The molecular formula is C14H24N2OS. The van der Waals surface area contributed by atoms with Crippen molar-refractivity contribution in [3.63, 3.8) is 0 Å². The van der Waals surface area contributed by atoms with Gasteiger partial charge in [-0.1, -0.05) is 20.8 Å². The van der Waals surface area contributed by atoms with Gasteiger partial charge in [0.1, 0.15) is 11.1 Å². The molecule has 2 rings (SSSR count). The van der Waals surface area contributed by atoms with Crippen LogP contribution in [0.25, 0.3) is 0 Å². The number of thiazole rings is 1. The number of ether oxygens (including phenoxy) is 1. The Morgan fingerprint density at radius 1 is 1.50 bits per heavy atom. The van der Waals surface area contributed by atoms with Gasteiger partial charge < -0.3 is 10.1 Å². The molecule has 1 unspecified atom stereocenters. The van der Waals surface area contributed by atoms with Gasteiger partial charge in [0.15, 0.2) is 0 Å². The van der Waals surface area contributed by atoms with E-state index in [2.05, 4.69) is 31.5 Å². The third-order valence-electron chi connectivity index (χ3n) is 3.21. The van der Waals surface area contributed by atoms with Gasteiger partial charge in [0.25, 0.3) is 0 Å². The molecule has 1 saturated carbocycles. The van der Waals surface area contributed by atoms with Gasteiger partial charge in [-0.3, -0.25) is 0 Å². The third-order valence-corrected chi connectivity index (χ3v) is 4.14. The molecule has 1 fully saturated rings. The molecule has 1 heterocycles. The quantitative estimate of drug-likeness (QED) is 0.860. The highest BCUT2D eigenvalue weighted by Crippen LogP contribution is 2.36. The highest BCUT2D eigenvalue weighted by atomic mass is 32.1. The lowest BCUT2D eigenvalue weighted by Crippen LogP contribution is -2.21. The van der Waals surface area contributed by atoms with Gasteiger partial charge in [-0.25, -0.2) is 4.98 Å². The molecule has 0 aliphatic heterocycles. The molecule has 3 nitrogen and oxygen atoms in total. The Bertz CT molecular complexity index is 379. The van der Waals surface area contributed by atoms with Gasteiger partial charge in [0.05, 0.1) is 5.69 Å². The van der Waals surface area contributed by atoms with E-state index in [1.807, 2.05) is 0 Å². The Balaban J connectivity index is 1.90. The van der Waals surface area contributed by atoms with E-state index in [0.29, 0.717) is 0 Å². The van der Waals surface area contributed by atoms with Crippen LogP contribution in [0.1, 0.15) is 50.4 Å². The predicted octanol–water partition coefficient (Wildman–Crippen LogP) is 3.17. The van der Waals surface area contributed by atoms with E-state index in [4.69, 9.17) is 9.72 Å². The summed E-state index contributed by atoms with van der Waals surface area (Å²) in [6, 6.07) is 0.782. The fourth-order valence-electron chi connectivity index (χ4n) is 2.07. The molecule has 102 valence electrons. The largest absolute Gasteiger partial charge is 0.374 e. The van der Waals surface area contributed by atoms with Crippen molar-refractivity contribution in [2.75, 3.05) is 13.7 Å². The van der Waals surface area contributed by atoms with Crippen molar-refractivity contribution >= 4 is 11.3 Å². The predicted molar refractivity (Wildman–Crippen MR) is 76.0 cm³/mol. The summed E-state index contributed by atoms with van der Waals surface area (Å²) in [6.45, 7) is 7.62. The minimum Gasteiger partial charge on any atom is -0.374 e. The van der Waals surface area contributed by atoms with Gasteiger partial charge >= 0.3 is 0 Å². The number of methoxy groups -OCH3 is 1. The lowest BCUT2D eigenvalue weighted by Gasteiger charge is -2.27. The summed E-state index contributed by atoms with van der Waals surface area (Å²) in [5, 5.41) is 6.79. The summed E-state index contributed by atoms with van der Waals surface area (Å²) < 4.78 is 5.60. The molecule has 0 saturated heterocycles. The molecule has 1 N–H and O–H groups in total. The first-order valence-corrected chi connectivity index (χ1v) is 7.59. The van der Waals surface area contributed by atoms with Crippen molar-refractivity contribution in [2.24, 2.45) is 5.41 Å². The molecule has 1 aromatic rings. The summed E-state index contributed by atoms with van der Waals surface area (Å²) in [6.07, 6.45) is 3.80. The van der Waals surface area contributed by atoms with Crippen LogP contribution in [0.5, 0.6) is 0 Å². The number of hydrogen-bond donors (Lipinski definition) is 1. The Morgan fingerprint density at radius 3 is 2.78 bits per heavy atom. The zero-order valence-electron chi connectivity index (χ0n) is 11.8. The Hall–Kier alpha value is -0.450. The first-order chi connectivity index (χ1) is 8.50. The molecule has 0 spiro atoms. The van der Waals surface area contributed by atoms with Crippen LogP contribution in [0.15, 0.2) is 5.38 Å². The molecule has 1 atom stereocenters. The molecule has 0 bridgehead atoms. The third kappa shape index (κ3) is 3.77. The van der Waals surface area contributed by atoms with Crippen molar-refractivity contribution in [1.82, 2.24) is 10.3 Å².